The molecule has 0 amide bonds. The Balaban J connectivity index is 0.000000297. The summed E-state index contributed by atoms with van der Waals surface area (Å²) in [4.78, 5) is 12.1. The number of rotatable bonds is 0. The summed E-state index contributed by atoms with van der Waals surface area (Å²) in [5.41, 5.74) is 6.13. The lowest BCUT2D eigenvalue weighted by atomic mass is 10.5. The minimum Gasteiger partial charge on any atom is -0.483 e. The van der Waals surface area contributed by atoms with Gasteiger partial charge in [0.15, 0.2) is 5.65 Å². The number of hydrogen-bond acceptors (Lipinski definition) is 6. The van der Waals surface area contributed by atoms with Crippen LogP contribution in [0.15, 0.2) is 55.1 Å². The van der Waals surface area contributed by atoms with Crippen LogP contribution in [0.2, 0.25) is 0 Å². The van der Waals surface area contributed by atoms with E-state index in [0.29, 0.717) is 5.82 Å². The van der Waals surface area contributed by atoms with Crippen molar-refractivity contribution in [3.63, 3.8) is 0 Å². The molecule has 8 heteroatoms. The van der Waals surface area contributed by atoms with Crippen LogP contribution in [0, 0.1) is 0 Å². The van der Waals surface area contributed by atoms with Crippen molar-refractivity contribution in [1.82, 2.24) is 25.7 Å². The third-order valence-corrected chi connectivity index (χ3v) is 1.89. The number of pyridine rings is 2. The number of carboxylic acid groups (broad SMARTS) is 1. The van der Waals surface area contributed by atoms with Crippen LogP contribution in [-0.4, -0.2) is 31.2 Å². The van der Waals surface area contributed by atoms with Gasteiger partial charge in [0, 0.05) is 12.4 Å². The van der Waals surface area contributed by atoms with Crippen molar-refractivity contribution in [2.45, 2.75) is 0 Å². The molecule has 0 unspecified atom stereocenters. The van der Waals surface area contributed by atoms with Gasteiger partial charge in [-0.2, -0.15) is 0 Å². The summed E-state index contributed by atoms with van der Waals surface area (Å²) < 4.78 is 1.86. The minimum absolute atomic E-state index is 0. The van der Waals surface area contributed by atoms with Crippen molar-refractivity contribution in [3.05, 3.63) is 55.1 Å². The fourth-order valence-electron chi connectivity index (χ4n) is 1.15. The lowest BCUT2D eigenvalue weighted by Gasteiger charge is -1.84. The highest BCUT2D eigenvalue weighted by molar-refractivity contribution is 5.34. The first-order valence-electron chi connectivity index (χ1n) is 5.26. The molecule has 0 aromatic carbocycles. The predicted molar refractivity (Wildman–Crippen MR) is 75.4 cm³/mol. The van der Waals surface area contributed by atoms with Gasteiger partial charge < -0.3 is 17.0 Å². The standard InChI is InChI=1S/C6H5N3.C5H6N2.CH2O2.H3N/c1-2-4-9-5-7-8-6(9)3-1;6-5-3-1-2-4-7-5;2-1-3;/h1-5H;1-4H,(H2,6,7);1H,(H,2,3);1H3. The van der Waals surface area contributed by atoms with Crippen molar-refractivity contribution in [2.24, 2.45) is 0 Å². The number of anilines is 1. The van der Waals surface area contributed by atoms with Gasteiger partial charge in [0.1, 0.15) is 12.1 Å². The van der Waals surface area contributed by atoms with E-state index in [1.807, 2.05) is 40.9 Å². The third kappa shape index (κ3) is 6.07. The van der Waals surface area contributed by atoms with Crippen LogP contribution in [0.5, 0.6) is 0 Å². The number of hydrogen-bond donors (Lipinski definition) is 3. The molecule has 3 rings (SSSR count). The Bertz CT molecular complexity index is 569. The number of aromatic nitrogens is 4. The Morgan fingerprint density at radius 1 is 1.20 bits per heavy atom. The van der Waals surface area contributed by atoms with Crippen molar-refractivity contribution >= 4 is 17.9 Å². The number of fused-ring (bicyclic) bond motifs is 1. The molecule has 3 aromatic rings. The van der Waals surface area contributed by atoms with Gasteiger partial charge in [0.2, 0.25) is 0 Å². The second kappa shape index (κ2) is 9.97. The Labute approximate surface area is 115 Å². The van der Waals surface area contributed by atoms with E-state index in [4.69, 9.17) is 15.6 Å². The van der Waals surface area contributed by atoms with Crippen molar-refractivity contribution < 1.29 is 9.90 Å². The first-order chi connectivity index (χ1) is 9.27. The van der Waals surface area contributed by atoms with Gasteiger partial charge in [-0.3, -0.25) is 9.20 Å². The second-order valence-electron chi connectivity index (χ2n) is 3.16. The number of nitrogens with zero attached hydrogens (tertiary/aromatic N) is 4. The molecule has 0 saturated carbocycles. The van der Waals surface area contributed by atoms with Crippen LogP contribution in [0.1, 0.15) is 0 Å². The van der Waals surface area contributed by atoms with Crippen molar-refractivity contribution in [2.75, 3.05) is 5.73 Å². The lowest BCUT2D eigenvalue weighted by molar-refractivity contribution is -0.122. The molecule has 106 valence electrons. The van der Waals surface area contributed by atoms with Gasteiger partial charge in [0.05, 0.1) is 0 Å². The Hall–Kier alpha value is -3.00. The molecule has 0 atom stereocenters. The van der Waals surface area contributed by atoms with E-state index >= 15 is 0 Å². The average Bonchev–Trinajstić information content (AvgIpc) is 2.89. The average molecular weight is 276 g/mol. The smallest absolute Gasteiger partial charge is 0.290 e. The van der Waals surface area contributed by atoms with Gasteiger partial charge in [-0.25, -0.2) is 4.98 Å². The van der Waals surface area contributed by atoms with E-state index < -0.39 is 0 Å². The highest BCUT2D eigenvalue weighted by atomic mass is 16.3. The third-order valence-electron chi connectivity index (χ3n) is 1.89. The maximum Gasteiger partial charge on any atom is 0.290 e. The number of nitrogen functional groups attached to an aromatic ring is 1. The topological polar surface area (TPSA) is 141 Å². The van der Waals surface area contributed by atoms with Crippen LogP contribution < -0.4 is 11.9 Å². The predicted octanol–water partition coefficient (Wildman–Crippen LogP) is 1.26. The summed E-state index contributed by atoms with van der Waals surface area (Å²) in [5.74, 6) is 0.572. The Kier molecular flexibility index (Phi) is 8.48. The van der Waals surface area contributed by atoms with Crippen LogP contribution >= 0.6 is 0 Å². The van der Waals surface area contributed by atoms with Crippen LogP contribution in [-0.2, 0) is 4.79 Å². The Morgan fingerprint density at radius 2 is 1.90 bits per heavy atom. The van der Waals surface area contributed by atoms with Crippen LogP contribution in [0.25, 0.3) is 5.65 Å². The van der Waals surface area contributed by atoms with Crippen LogP contribution in [0.4, 0.5) is 5.82 Å². The van der Waals surface area contributed by atoms with Gasteiger partial charge >= 0.3 is 0 Å². The largest absolute Gasteiger partial charge is 0.483 e. The number of carbonyl (C=O) groups is 1. The van der Waals surface area contributed by atoms with E-state index in [9.17, 15) is 0 Å². The SMILES string of the molecule is N.Nc1ccccn1.O=CO.c1ccn2cnnc2c1. The van der Waals surface area contributed by atoms with E-state index in [1.54, 1.807) is 18.6 Å². The molecule has 0 bridgehead atoms. The van der Waals surface area contributed by atoms with Gasteiger partial charge in [-0.1, -0.05) is 12.1 Å². The van der Waals surface area contributed by atoms with Crippen molar-refractivity contribution in [1.29, 1.82) is 0 Å². The molecule has 20 heavy (non-hydrogen) atoms. The first kappa shape index (κ1) is 17.0. The summed E-state index contributed by atoms with van der Waals surface area (Å²) >= 11 is 0. The summed E-state index contributed by atoms with van der Waals surface area (Å²) in [6, 6.07) is 11.2. The molecule has 0 fully saturated rings. The molecule has 3 aromatic heterocycles. The molecule has 0 aliphatic carbocycles. The maximum atomic E-state index is 8.36. The normalized spacial score (nSPS) is 8.20. The van der Waals surface area contributed by atoms with Crippen molar-refractivity contribution in [3.8, 4) is 0 Å². The zero-order valence-electron chi connectivity index (χ0n) is 10.7. The van der Waals surface area contributed by atoms with E-state index in [-0.39, 0.29) is 12.6 Å². The summed E-state index contributed by atoms with van der Waals surface area (Å²) in [6.07, 6.45) is 5.25. The highest BCUT2D eigenvalue weighted by Gasteiger charge is 1.87. The molecule has 0 saturated heterocycles. The molecular weight excluding hydrogens is 260 g/mol. The van der Waals surface area contributed by atoms with Gasteiger partial charge in [-0.15, -0.1) is 10.2 Å². The second-order valence-corrected chi connectivity index (χ2v) is 3.16. The minimum atomic E-state index is -0.250. The van der Waals surface area contributed by atoms with Crippen LogP contribution in [0.3, 0.4) is 0 Å². The molecule has 3 heterocycles. The zero-order valence-corrected chi connectivity index (χ0v) is 10.7. The Morgan fingerprint density at radius 3 is 2.40 bits per heavy atom. The monoisotopic (exact) mass is 276 g/mol. The maximum absolute atomic E-state index is 8.36. The fraction of sp³-hybridized carbons (Fsp3) is 0. The number of nitrogens with two attached hydrogens (primary N) is 1. The van der Waals surface area contributed by atoms with E-state index in [0.717, 1.165) is 5.65 Å². The zero-order chi connectivity index (χ0) is 13.9. The molecule has 0 spiro atoms. The quantitative estimate of drug-likeness (QED) is 0.524. The molecule has 6 N–H and O–H groups in total. The van der Waals surface area contributed by atoms with E-state index in [2.05, 4.69) is 15.2 Å². The molecular formula is C12H16N6O2. The highest BCUT2D eigenvalue weighted by Crippen LogP contribution is 1.94. The summed E-state index contributed by atoms with van der Waals surface area (Å²) in [7, 11) is 0. The lowest BCUT2D eigenvalue weighted by Crippen LogP contribution is -1.85. The molecule has 0 aliphatic heterocycles. The van der Waals surface area contributed by atoms with Gasteiger partial charge in [-0.05, 0) is 24.3 Å². The molecule has 8 nitrogen and oxygen atoms in total. The molecule has 0 aliphatic rings. The summed E-state index contributed by atoms with van der Waals surface area (Å²) in [5, 5.41) is 14.4. The summed E-state index contributed by atoms with van der Waals surface area (Å²) in [6.45, 7) is -0.250. The fourth-order valence-corrected chi connectivity index (χ4v) is 1.15. The first-order valence-corrected chi connectivity index (χ1v) is 5.26. The van der Waals surface area contributed by atoms with Gasteiger partial charge in [0.25, 0.3) is 6.47 Å². The molecule has 0 radical (unpaired) electrons. The van der Waals surface area contributed by atoms with E-state index in [1.165, 1.54) is 0 Å².